The molecule has 5 aromatic carbocycles. The molecule has 0 aliphatic heterocycles. The van der Waals surface area contributed by atoms with E-state index in [1.165, 1.54) is 0 Å². The molecule has 0 fully saturated rings. The summed E-state index contributed by atoms with van der Waals surface area (Å²) in [6, 6.07) is 48.0. The van der Waals surface area contributed by atoms with Crippen molar-refractivity contribution in [1.82, 2.24) is 9.78 Å². The highest BCUT2D eigenvalue weighted by atomic mass is 35.5. The summed E-state index contributed by atoms with van der Waals surface area (Å²) in [7, 11) is -3.08. The zero-order valence-corrected chi connectivity index (χ0v) is 24.9. The van der Waals surface area contributed by atoms with Gasteiger partial charge in [0.2, 0.25) is 0 Å². The standard InChI is InChI=1S/C35H28ClN5OSi/c36-29-23-21-27(22-24-29)34-28(26-41(40-34)30-13-5-1-6-14-30)25-38-39-35(37)42-43(31-15-7-2-8-16-31,32-17-9-3-10-18-32)33-19-11-4-12-20-33/h1-26H,(H2,37,39)/b38-25+. The van der Waals surface area contributed by atoms with Gasteiger partial charge >= 0.3 is 8.32 Å². The summed E-state index contributed by atoms with van der Waals surface area (Å²) in [5.74, 6) is 0. The number of hydrogen-bond donors (Lipinski definition) is 1. The lowest BCUT2D eigenvalue weighted by Crippen LogP contribution is -2.70. The van der Waals surface area contributed by atoms with Gasteiger partial charge in [-0.05, 0) is 39.8 Å². The molecular formula is C35H28ClN5OSi. The molecule has 2 N–H and O–H groups in total. The Morgan fingerprint density at radius 1 is 0.698 bits per heavy atom. The van der Waals surface area contributed by atoms with Crippen LogP contribution in [-0.2, 0) is 4.43 Å². The molecule has 0 unspecified atom stereocenters. The highest BCUT2D eigenvalue weighted by Gasteiger charge is 2.44. The number of nitrogens with two attached hydrogens (primary N) is 1. The van der Waals surface area contributed by atoms with Gasteiger partial charge in [0.15, 0.2) is 0 Å². The average Bonchev–Trinajstić information content (AvgIpc) is 3.50. The SMILES string of the molecule is N/C(=N/N=C/c1cn(-c2ccccc2)nc1-c1ccc(Cl)cc1)O[Si](c1ccccc1)(c1ccccc1)c1ccccc1. The number of hydrogen-bond acceptors (Lipinski definition) is 4. The Kier molecular flexibility index (Phi) is 8.26. The maximum Gasteiger partial charge on any atom is 0.350 e. The third kappa shape index (κ3) is 6.04. The van der Waals surface area contributed by atoms with Crippen LogP contribution in [0.15, 0.2) is 162 Å². The zero-order chi connectivity index (χ0) is 29.5. The van der Waals surface area contributed by atoms with Crippen LogP contribution in [0.3, 0.4) is 0 Å². The van der Waals surface area contributed by atoms with E-state index < -0.39 is 8.32 Å². The molecule has 210 valence electrons. The van der Waals surface area contributed by atoms with E-state index in [4.69, 9.17) is 26.9 Å². The van der Waals surface area contributed by atoms with Gasteiger partial charge in [-0.25, -0.2) is 4.68 Å². The van der Waals surface area contributed by atoms with Crippen LogP contribution in [0.2, 0.25) is 5.02 Å². The fourth-order valence-corrected chi connectivity index (χ4v) is 8.87. The van der Waals surface area contributed by atoms with Gasteiger partial charge in [-0.15, -0.1) is 0 Å². The lowest BCUT2D eigenvalue weighted by atomic mass is 10.1. The van der Waals surface area contributed by atoms with E-state index in [1.807, 2.05) is 120 Å². The minimum atomic E-state index is -3.08. The van der Waals surface area contributed by atoms with E-state index in [2.05, 4.69) is 46.6 Å². The first kappa shape index (κ1) is 27.9. The van der Waals surface area contributed by atoms with Crippen LogP contribution < -0.4 is 21.3 Å². The van der Waals surface area contributed by atoms with E-state index in [1.54, 1.807) is 6.21 Å². The summed E-state index contributed by atoms with van der Waals surface area (Å²) < 4.78 is 8.57. The molecule has 6 aromatic rings. The lowest BCUT2D eigenvalue weighted by molar-refractivity contribution is 0.559. The highest BCUT2D eigenvalue weighted by molar-refractivity contribution is 7.07. The summed E-state index contributed by atoms with van der Waals surface area (Å²) in [6.07, 6.45) is 3.55. The van der Waals surface area contributed by atoms with Crippen molar-refractivity contribution in [2.24, 2.45) is 15.9 Å². The third-order valence-corrected chi connectivity index (χ3v) is 11.2. The summed E-state index contributed by atoms with van der Waals surface area (Å²) >= 11 is 6.15. The first-order valence-electron chi connectivity index (χ1n) is 13.8. The minimum absolute atomic E-state index is 0.0250. The van der Waals surface area contributed by atoms with E-state index in [9.17, 15) is 0 Å². The van der Waals surface area contributed by atoms with Gasteiger partial charge in [0.25, 0.3) is 6.02 Å². The van der Waals surface area contributed by atoms with Crippen molar-refractivity contribution in [3.8, 4) is 16.9 Å². The second-order valence-electron chi connectivity index (χ2n) is 9.78. The van der Waals surface area contributed by atoms with Crippen LogP contribution in [0.1, 0.15) is 5.56 Å². The maximum atomic E-state index is 6.75. The number of rotatable bonds is 8. The van der Waals surface area contributed by atoms with Gasteiger partial charge in [0.05, 0.1) is 11.9 Å². The van der Waals surface area contributed by atoms with E-state index >= 15 is 0 Å². The normalized spacial score (nSPS) is 12.0. The Balaban J connectivity index is 1.39. The number of para-hydroxylation sites is 1. The van der Waals surface area contributed by atoms with E-state index in [-0.39, 0.29) is 6.02 Å². The molecule has 43 heavy (non-hydrogen) atoms. The van der Waals surface area contributed by atoms with Crippen LogP contribution >= 0.6 is 11.6 Å². The molecule has 0 saturated heterocycles. The molecule has 0 spiro atoms. The monoisotopic (exact) mass is 597 g/mol. The fraction of sp³-hybridized carbons (Fsp3) is 0. The van der Waals surface area contributed by atoms with Gasteiger partial charge < -0.3 is 10.2 Å². The average molecular weight is 598 g/mol. The molecular weight excluding hydrogens is 570 g/mol. The number of benzene rings is 5. The molecule has 0 amide bonds. The van der Waals surface area contributed by atoms with Crippen molar-refractivity contribution in [2.45, 2.75) is 0 Å². The summed E-state index contributed by atoms with van der Waals surface area (Å²) in [5.41, 5.74) is 9.84. The van der Waals surface area contributed by atoms with Crippen LogP contribution in [0.4, 0.5) is 0 Å². The molecule has 0 bridgehead atoms. The van der Waals surface area contributed by atoms with Gasteiger partial charge in [0, 0.05) is 22.3 Å². The number of halogens is 1. The zero-order valence-electron chi connectivity index (χ0n) is 23.2. The summed E-state index contributed by atoms with van der Waals surface area (Å²) in [4.78, 5) is 0. The Hall–Kier alpha value is -5.24. The molecule has 1 aromatic heterocycles. The quantitative estimate of drug-likeness (QED) is 0.0824. The lowest BCUT2D eigenvalue weighted by Gasteiger charge is -2.32. The van der Waals surface area contributed by atoms with Gasteiger partial charge in [-0.2, -0.15) is 10.2 Å². The summed E-state index contributed by atoms with van der Waals surface area (Å²) in [6.45, 7) is 0. The van der Waals surface area contributed by atoms with E-state index in [0.717, 1.165) is 38.1 Å². The molecule has 1 heterocycles. The minimum Gasteiger partial charge on any atom is -0.504 e. The first-order chi connectivity index (χ1) is 21.1. The van der Waals surface area contributed by atoms with Crippen molar-refractivity contribution in [1.29, 1.82) is 0 Å². The largest absolute Gasteiger partial charge is 0.504 e. The predicted molar refractivity (Wildman–Crippen MR) is 178 cm³/mol. The smallest absolute Gasteiger partial charge is 0.350 e. The van der Waals surface area contributed by atoms with Crippen molar-refractivity contribution >= 4 is 47.7 Å². The molecule has 6 nitrogen and oxygen atoms in total. The van der Waals surface area contributed by atoms with Crippen molar-refractivity contribution in [2.75, 3.05) is 0 Å². The Bertz CT molecular complexity index is 1750. The molecule has 0 atom stereocenters. The molecule has 6 rings (SSSR count). The van der Waals surface area contributed by atoms with Crippen molar-refractivity contribution < 1.29 is 4.43 Å². The molecule has 0 radical (unpaired) electrons. The second-order valence-corrected chi connectivity index (χ2v) is 13.5. The fourth-order valence-electron chi connectivity index (χ4n) is 5.05. The predicted octanol–water partition coefficient (Wildman–Crippen LogP) is 5.53. The third-order valence-electron chi connectivity index (χ3n) is 7.03. The van der Waals surface area contributed by atoms with Gasteiger partial charge in [0.1, 0.15) is 5.69 Å². The number of amidine groups is 1. The Morgan fingerprint density at radius 2 is 1.19 bits per heavy atom. The van der Waals surface area contributed by atoms with Crippen LogP contribution in [0, 0.1) is 0 Å². The van der Waals surface area contributed by atoms with Crippen LogP contribution in [0.5, 0.6) is 0 Å². The molecule has 0 saturated carbocycles. The van der Waals surface area contributed by atoms with Crippen molar-refractivity contribution in [3.63, 3.8) is 0 Å². The first-order valence-corrected chi connectivity index (χ1v) is 16.1. The maximum absolute atomic E-state index is 6.75. The van der Waals surface area contributed by atoms with Gasteiger partial charge in [-0.3, -0.25) is 0 Å². The van der Waals surface area contributed by atoms with Crippen LogP contribution in [-0.4, -0.2) is 30.3 Å². The van der Waals surface area contributed by atoms with Crippen LogP contribution in [0.25, 0.3) is 16.9 Å². The molecule has 8 heteroatoms. The number of nitrogens with zero attached hydrogens (tertiary/aromatic N) is 4. The van der Waals surface area contributed by atoms with Crippen molar-refractivity contribution in [3.05, 3.63) is 162 Å². The topological polar surface area (TPSA) is 77.8 Å². The number of aromatic nitrogens is 2. The Morgan fingerprint density at radius 3 is 1.70 bits per heavy atom. The molecule has 0 aliphatic rings. The van der Waals surface area contributed by atoms with Gasteiger partial charge in [-0.1, -0.05) is 138 Å². The second kappa shape index (κ2) is 12.7. The molecule has 0 aliphatic carbocycles. The van der Waals surface area contributed by atoms with E-state index in [0.29, 0.717) is 5.02 Å². The Labute approximate surface area is 256 Å². The summed E-state index contributed by atoms with van der Waals surface area (Å²) in [5, 5.41) is 17.3. The highest BCUT2D eigenvalue weighted by Crippen LogP contribution is 2.24.